The average molecular weight is 239 g/mol. The van der Waals surface area contributed by atoms with Crippen LogP contribution < -0.4 is 5.32 Å². The molecule has 17 heavy (non-hydrogen) atoms. The lowest BCUT2D eigenvalue weighted by Gasteiger charge is -2.49. The van der Waals surface area contributed by atoms with E-state index in [-0.39, 0.29) is 5.72 Å². The highest BCUT2D eigenvalue weighted by molar-refractivity contribution is 4.93. The summed E-state index contributed by atoms with van der Waals surface area (Å²) in [6, 6.07) is 0. The highest BCUT2D eigenvalue weighted by Gasteiger charge is 2.43. The molecule has 2 rings (SSSR count). The standard InChI is InChI=1S/C15H29NO/c1-13(2,3)12-6-8-15(9-7-12)16-10-14(4,5)11-17-15/h12,16H,6-11H2,1-5H3. The van der Waals surface area contributed by atoms with Crippen molar-refractivity contribution in [3.05, 3.63) is 0 Å². The van der Waals surface area contributed by atoms with E-state index < -0.39 is 0 Å². The van der Waals surface area contributed by atoms with Crippen molar-refractivity contribution in [1.82, 2.24) is 5.32 Å². The van der Waals surface area contributed by atoms with Crippen LogP contribution in [0.5, 0.6) is 0 Å². The van der Waals surface area contributed by atoms with E-state index in [1.54, 1.807) is 0 Å². The second kappa shape index (κ2) is 4.24. The van der Waals surface area contributed by atoms with Crippen LogP contribution in [0.2, 0.25) is 0 Å². The lowest BCUT2D eigenvalue weighted by molar-refractivity contribution is -0.162. The molecule has 1 saturated heterocycles. The quantitative estimate of drug-likeness (QED) is 0.698. The normalized spacial score (nSPS) is 38.3. The first kappa shape index (κ1) is 13.4. The highest BCUT2D eigenvalue weighted by atomic mass is 16.5. The molecule has 0 aromatic heterocycles. The maximum Gasteiger partial charge on any atom is 0.119 e. The first-order chi connectivity index (χ1) is 7.73. The van der Waals surface area contributed by atoms with E-state index in [0.717, 1.165) is 19.1 Å². The van der Waals surface area contributed by atoms with Gasteiger partial charge in [0.15, 0.2) is 0 Å². The fourth-order valence-electron chi connectivity index (χ4n) is 3.11. The Kier molecular flexibility index (Phi) is 3.33. The van der Waals surface area contributed by atoms with E-state index in [1.165, 1.54) is 25.7 Å². The topological polar surface area (TPSA) is 21.3 Å². The van der Waals surface area contributed by atoms with E-state index in [0.29, 0.717) is 10.8 Å². The molecule has 1 spiro atoms. The predicted octanol–water partition coefficient (Wildman–Crippen LogP) is 3.57. The Morgan fingerprint density at radius 1 is 1.12 bits per heavy atom. The summed E-state index contributed by atoms with van der Waals surface area (Å²) in [6.07, 6.45) is 4.98. The second-order valence-corrected chi connectivity index (χ2v) is 7.94. The van der Waals surface area contributed by atoms with Crippen LogP contribution in [0.1, 0.15) is 60.3 Å². The van der Waals surface area contributed by atoms with Crippen molar-refractivity contribution in [2.75, 3.05) is 13.2 Å². The molecule has 0 atom stereocenters. The molecule has 2 fully saturated rings. The minimum Gasteiger partial charge on any atom is -0.360 e. The first-order valence-electron chi connectivity index (χ1n) is 7.12. The van der Waals surface area contributed by atoms with Gasteiger partial charge in [-0.15, -0.1) is 0 Å². The van der Waals surface area contributed by atoms with Crippen molar-refractivity contribution in [3.63, 3.8) is 0 Å². The molecule has 0 unspecified atom stereocenters. The fraction of sp³-hybridized carbons (Fsp3) is 1.00. The zero-order chi connectivity index (χ0) is 12.7. The third-order valence-electron chi connectivity index (χ3n) is 4.65. The van der Waals surface area contributed by atoms with Crippen LogP contribution in [0, 0.1) is 16.7 Å². The van der Waals surface area contributed by atoms with Crippen molar-refractivity contribution in [1.29, 1.82) is 0 Å². The number of hydrogen-bond acceptors (Lipinski definition) is 2. The molecule has 0 aromatic carbocycles. The lowest BCUT2D eigenvalue weighted by atomic mass is 9.70. The van der Waals surface area contributed by atoms with E-state index in [9.17, 15) is 0 Å². The van der Waals surface area contributed by atoms with Gasteiger partial charge in [0.2, 0.25) is 0 Å². The van der Waals surface area contributed by atoms with Crippen LogP contribution in [-0.2, 0) is 4.74 Å². The summed E-state index contributed by atoms with van der Waals surface area (Å²) in [5, 5.41) is 3.67. The monoisotopic (exact) mass is 239 g/mol. The van der Waals surface area contributed by atoms with E-state index >= 15 is 0 Å². The zero-order valence-electron chi connectivity index (χ0n) is 12.2. The maximum absolute atomic E-state index is 6.17. The Balaban J connectivity index is 1.91. The summed E-state index contributed by atoms with van der Waals surface area (Å²) < 4.78 is 6.17. The molecule has 1 saturated carbocycles. The Labute approximate surface area is 107 Å². The van der Waals surface area contributed by atoms with Gasteiger partial charge in [-0.3, -0.25) is 5.32 Å². The molecule has 0 radical (unpaired) electrons. The van der Waals surface area contributed by atoms with Crippen molar-refractivity contribution in [3.8, 4) is 0 Å². The number of nitrogens with one attached hydrogen (secondary N) is 1. The van der Waals surface area contributed by atoms with Gasteiger partial charge in [-0.25, -0.2) is 0 Å². The van der Waals surface area contributed by atoms with E-state index in [1.807, 2.05) is 0 Å². The molecule has 0 aromatic rings. The number of hydrogen-bond donors (Lipinski definition) is 1. The maximum atomic E-state index is 6.17. The van der Waals surface area contributed by atoms with Gasteiger partial charge in [-0.2, -0.15) is 0 Å². The Morgan fingerprint density at radius 3 is 2.12 bits per heavy atom. The average Bonchev–Trinajstić information content (AvgIpc) is 2.23. The van der Waals surface area contributed by atoms with Gasteiger partial charge >= 0.3 is 0 Å². The zero-order valence-corrected chi connectivity index (χ0v) is 12.2. The van der Waals surface area contributed by atoms with Gasteiger partial charge in [0.05, 0.1) is 6.61 Å². The Bertz CT molecular complexity index is 257. The Morgan fingerprint density at radius 2 is 1.71 bits per heavy atom. The van der Waals surface area contributed by atoms with Gasteiger partial charge in [0.1, 0.15) is 5.72 Å². The largest absolute Gasteiger partial charge is 0.360 e. The minimum absolute atomic E-state index is 0.0112. The first-order valence-corrected chi connectivity index (χ1v) is 7.12. The summed E-state index contributed by atoms with van der Waals surface area (Å²) in [6.45, 7) is 13.6. The third kappa shape index (κ3) is 3.03. The van der Waals surface area contributed by atoms with Crippen LogP contribution in [0.4, 0.5) is 0 Å². The van der Waals surface area contributed by atoms with Crippen LogP contribution in [0.3, 0.4) is 0 Å². The molecule has 1 N–H and O–H groups in total. The van der Waals surface area contributed by atoms with Crippen LogP contribution in [0.25, 0.3) is 0 Å². The highest BCUT2D eigenvalue weighted by Crippen LogP contribution is 2.43. The van der Waals surface area contributed by atoms with Gasteiger partial charge in [0.25, 0.3) is 0 Å². The molecular formula is C15H29NO. The second-order valence-electron chi connectivity index (χ2n) is 7.94. The summed E-state index contributed by atoms with van der Waals surface area (Å²) in [5.74, 6) is 0.855. The summed E-state index contributed by atoms with van der Waals surface area (Å²) >= 11 is 0. The van der Waals surface area contributed by atoms with Gasteiger partial charge in [0, 0.05) is 12.0 Å². The molecule has 2 aliphatic rings. The molecular weight excluding hydrogens is 210 g/mol. The predicted molar refractivity (Wildman–Crippen MR) is 71.9 cm³/mol. The van der Waals surface area contributed by atoms with Crippen molar-refractivity contribution >= 4 is 0 Å². The molecule has 1 heterocycles. The third-order valence-corrected chi connectivity index (χ3v) is 4.65. The smallest absolute Gasteiger partial charge is 0.119 e. The minimum atomic E-state index is 0.0112. The van der Waals surface area contributed by atoms with E-state index in [4.69, 9.17) is 4.74 Å². The SMILES string of the molecule is CC1(C)CNC2(CCC(C(C)(C)C)CC2)OC1. The van der Waals surface area contributed by atoms with Gasteiger partial charge < -0.3 is 4.74 Å². The molecule has 1 aliphatic heterocycles. The van der Waals surface area contributed by atoms with Gasteiger partial charge in [-0.05, 0) is 37.0 Å². The van der Waals surface area contributed by atoms with Crippen molar-refractivity contribution in [2.24, 2.45) is 16.7 Å². The fourth-order valence-corrected chi connectivity index (χ4v) is 3.11. The molecule has 0 amide bonds. The van der Waals surface area contributed by atoms with Crippen LogP contribution in [0.15, 0.2) is 0 Å². The summed E-state index contributed by atoms with van der Waals surface area (Å²) in [5.41, 5.74) is 0.763. The molecule has 2 nitrogen and oxygen atoms in total. The number of rotatable bonds is 0. The molecule has 2 heteroatoms. The Hall–Kier alpha value is -0.0800. The van der Waals surface area contributed by atoms with Crippen LogP contribution >= 0.6 is 0 Å². The molecule has 1 aliphatic carbocycles. The van der Waals surface area contributed by atoms with Gasteiger partial charge in [-0.1, -0.05) is 34.6 Å². The summed E-state index contributed by atoms with van der Waals surface area (Å²) in [7, 11) is 0. The summed E-state index contributed by atoms with van der Waals surface area (Å²) in [4.78, 5) is 0. The van der Waals surface area contributed by atoms with Crippen molar-refractivity contribution < 1.29 is 4.74 Å². The van der Waals surface area contributed by atoms with Crippen LogP contribution in [-0.4, -0.2) is 18.9 Å². The molecule has 100 valence electrons. The van der Waals surface area contributed by atoms with Crippen molar-refractivity contribution in [2.45, 2.75) is 66.0 Å². The molecule has 0 bridgehead atoms. The lowest BCUT2D eigenvalue weighted by Crippen LogP contribution is -2.59. The number of ether oxygens (including phenoxy) is 1. The van der Waals surface area contributed by atoms with E-state index in [2.05, 4.69) is 39.9 Å².